The van der Waals surface area contributed by atoms with Gasteiger partial charge in [0.1, 0.15) is 0 Å². The van der Waals surface area contributed by atoms with Crippen LogP contribution in [0.2, 0.25) is 0 Å². The Hall–Kier alpha value is -0.170. The van der Waals surface area contributed by atoms with Crippen LogP contribution in [0.1, 0.15) is 6.42 Å². The van der Waals surface area contributed by atoms with Gasteiger partial charge in [-0.05, 0) is 24.2 Å². The molecule has 0 N–H and O–H groups in total. The van der Waals surface area contributed by atoms with E-state index in [0.717, 1.165) is 11.2 Å². The van der Waals surface area contributed by atoms with Crippen molar-refractivity contribution in [2.45, 2.75) is 11.7 Å². The van der Waals surface area contributed by atoms with Gasteiger partial charge in [0.15, 0.2) is 0 Å². The Labute approximate surface area is 60.0 Å². The third kappa shape index (κ3) is 0.940. The summed E-state index contributed by atoms with van der Waals surface area (Å²) in [6.07, 6.45) is 11.0. The minimum Gasteiger partial charge on any atom is -0.154 e. The summed E-state index contributed by atoms with van der Waals surface area (Å²) in [6, 6.07) is 0. The van der Waals surface area contributed by atoms with Gasteiger partial charge < -0.3 is 0 Å². The molecule has 1 radical (unpaired) electrons. The van der Waals surface area contributed by atoms with Gasteiger partial charge in [-0.1, -0.05) is 18.2 Å². The van der Waals surface area contributed by atoms with E-state index in [0.29, 0.717) is 0 Å². The zero-order valence-corrected chi connectivity index (χ0v) is 6.03. The normalized spacial score (nSPS) is 39.1. The van der Waals surface area contributed by atoms with E-state index in [1.807, 2.05) is 6.08 Å². The van der Waals surface area contributed by atoms with Crippen molar-refractivity contribution in [3.8, 4) is 0 Å². The monoisotopic (exact) mass is 137 g/mol. The van der Waals surface area contributed by atoms with Crippen LogP contribution in [0.25, 0.3) is 0 Å². The lowest BCUT2D eigenvalue weighted by Crippen LogP contribution is -2.07. The largest absolute Gasteiger partial charge is 0.154 e. The fourth-order valence-electron chi connectivity index (χ4n) is 1.34. The van der Waals surface area contributed by atoms with Crippen molar-refractivity contribution in [1.82, 2.24) is 0 Å². The lowest BCUT2D eigenvalue weighted by atomic mass is 9.98. The van der Waals surface area contributed by atoms with Gasteiger partial charge in [0.05, 0.1) is 0 Å². The molecular weight excluding hydrogens is 128 g/mol. The molecule has 2 atom stereocenters. The fraction of sp³-hybridized carbons (Fsp3) is 0.500. The number of rotatable bonds is 0. The van der Waals surface area contributed by atoms with E-state index in [1.54, 1.807) is 0 Å². The molecule has 2 aliphatic rings. The lowest BCUT2D eigenvalue weighted by Gasteiger charge is -2.12. The maximum Gasteiger partial charge on any atom is 0.0299 e. The molecule has 1 saturated heterocycles. The maximum absolute atomic E-state index is 3.13. The molecule has 2 rings (SSSR count). The van der Waals surface area contributed by atoms with Crippen LogP contribution in [-0.4, -0.2) is 11.0 Å². The van der Waals surface area contributed by atoms with Crippen LogP contribution in [0.5, 0.6) is 0 Å². The van der Waals surface area contributed by atoms with Crippen LogP contribution in [0.4, 0.5) is 0 Å². The van der Waals surface area contributed by atoms with Crippen molar-refractivity contribution in [1.29, 1.82) is 0 Å². The predicted molar refractivity (Wildman–Crippen MR) is 41.3 cm³/mol. The van der Waals surface area contributed by atoms with E-state index in [9.17, 15) is 0 Å². The second-order valence-electron chi connectivity index (χ2n) is 2.48. The molecule has 1 heteroatoms. The number of hydrogen-bond acceptors (Lipinski definition) is 1. The molecule has 0 saturated carbocycles. The first-order valence-electron chi connectivity index (χ1n) is 3.34. The molecule has 1 aliphatic heterocycles. The maximum atomic E-state index is 3.13. The Balaban J connectivity index is 2.18. The summed E-state index contributed by atoms with van der Waals surface area (Å²) in [6.45, 7) is 0. The van der Waals surface area contributed by atoms with Crippen LogP contribution in [-0.2, 0) is 0 Å². The number of allylic oxidation sites excluding steroid dienone is 3. The third-order valence-electron chi connectivity index (χ3n) is 1.88. The van der Waals surface area contributed by atoms with Crippen molar-refractivity contribution >= 4 is 11.8 Å². The van der Waals surface area contributed by atoms with E-state index in [1.165, 1.54) is 12.2 Å². The van der Waals surface area contributed by atoms with Gasteiger partial charge in [-0.3, -0.25) is 0 Å². The highest BCUT2D eigenvalue weighted by molar-refractivity contribution is 8.00. The Kier molecular flexibility index (Phi) is 1.38. The van der Waals surface area contributed by atoms with Gasteiger partial charge in [0, 0.05) is 5.25 Å². The van der Waals surface area contributed by atoms with Crippen molar-refractivity contribution in [3.05, 3.63) is 24.3 Å². The Bertz CT molecular complexity index is 140. The van der Waals surface area contributed by atoms with E-state index in [-0.39, 0.29) is 0 Å². The van der Waals surface area contributed by atoms with Gasteiger partial charge in [-0.2, -0.15) is 11.8 Å². The molecule has 0 nitrogen and oxygen atoms in total. The van der Waals surface area contributed by atoms with Gasteiger partial charge in [-0.25, -0.2) is 0 Å². The van der Waals surface area contributed by atoms with Crippen molar-refractivity contribution < 1.29 is 0 Å². The summed E-state index contributed by atoms with van der Waals surface area (Å²) in [5, 5.41) is 0.759. The molecule has 0 aromatic heterocycles. The predicted octanol–water partition coefficient (Wildman–Crippen LogP) is 2.04. The minimum absolute atomic E-state index is 0.759. The van der Waals surface area contributed by atoms with E-state index < -0.39 is 0 Å². The zero-order chi connectivity index (χ0) is 6.10. The van der Waals surface area contributed by atoms with Crippen LogP contribution in [0.15, 0.2) is 18.2 Å². The average molecular weight is 137 g/mol. The summed E-state index contributed by atoms with van der Waals surface area (Å²) >= 11 is 2.06. The molecule has 0 spiro atoms. The Morgan fingerprint density at radius 3 is 3.44 bits per heavy atom. The summed E-state index contributed by atoms with van der Waals surface area (Å²) in [5.74, 6) is 2.16. The van der Waals surface area contributed by atoms with E-state index in [2.05, 4.69) is 30.0 Å². The topological polar surface area (TPSA) is 0 Å². The van der Waals surface area contributed by atoms with Gasteiger partial charge in [-0.15, -0.1) is 0 Å². The molecular formula is C8H9S. The second kappa shape index (κ2) is 2.22. The first-order valence-corrected chi connectivity index (χ1v) is 4.39. The van der Waals surface area contributed by atoms with E-state index >= 15 is 0 Å². The molecule has 0 aromatic rings. The molecule has 47 valence electrons. The smallest absolute Gasteiger partial charge is 0.0299 e. The highest BCUT2D eigenvalue weighted by Crippen LogP contribution is 2.35. The van der Waals surface area contributed by atoms with Crippen LogP contribution >= 0.6 is 11.8 Å². The summed E-state index contributed by atoms with van der Waals surface area (Å²) in [4.78, 5) is 0. The first-order chi connectivity index (χ1) is 4.47. The minimum atomic E-state index is 0.759. The first kappa shape index (κ1) is 5.60. The Morgan fingerprint density at radius 1 is 1.56 bits per heavy atom. The zero-order valence-electron chi connectivity index (χ0n) is 5.21. The molecule has 0 aromatic carbocycles. The van der Waals surface area contributed by atoms with Crippen molar-refractivity contribution in [3.63, 3.8) is 0 Å². The molecule has 1 heterocycles. The molecule has 0 bridgehead atoms. The lowest BCUT2D eigenvalue weighted by molar-refractivity contribution is 0.682. The molecule has 0 amide bonds. The van der Waals surface area contributed by atoms with Crippen LogP contribution in [0, 0.1) is 12.0 Å². The van der Waals surface area contributed by atoms with E-state index in [4.69, 9.17) is 0 Å². The summed E-state index contributed by atoms with van der Waals surface area (Å²) in [7, 11) is 0. The number of fused-ring (bicyclic) bond motifs is 1. The second-order valence-corrected chi connectivity index (χ2v) is 3.77. The highest BCUT2D eigenvalue weighted by Gasteiger charge is 2.24. The quantitative estimate of drug-likeness (QED) is 0.492. The van der Waals surface area contributed by atoms with Gasteiger partial charge in [0.25, 0.3) is 0 Å². The number of thioether (sulfide) groups is 1. The fourth-order valence-corrected chi connectivity index (χ4v) is 2.66. The van der Waals surface area contributed by atoms with Crippen LogP contribution in [0.3, 0.4) is 0 Å². The summed E-state index contributed by atoms with van der Waals surface area (Å²) in [5.41, 5.74) is 0. The van der Waals surface area contributed by atoms with Crippen molar-refractivity contribution in [2.75, 3.05) is 5.75 Å². The molecule has 2 unspecified atom stereocenters. The third-order valence-corrected chi connectivity index (χ3v) is 3.23. The highest BCUT2D eigenvalue weighted by atomic mass is 32.2. The molecule has 1 aliphatic carbocycles. The standard InChI is InChI=1S/C8H9S/c1-2-4-8-7(3-1)5-6-9-8/h1,3-4,7-8H,5-6H2. The Morgan fingerprint density at radius 2 is 2.56 bits per heavy atom. The average Bonchev–Trinajstić information content (AvgIpc) is 2.33. The van der Waals surface area contributed by atoms with Crippen LogP contribution < -0.4 is 0 Å². The molecule has 9 heavy (non-hydrogen) atoms. The van der Waals surface area contributed by atoms with Crippen molar-refractivity contribution in [2.24, 2.45) is 5.92 Å². The SMILES string of the molecule is [C]1=CC2SCCC2C=C1. The number of hydrogen-bond donors (Lipinski definition) is 0. The van der Waals surface area contributed by atoms with Gasteiger partial charge >= 0.3 is 0 Å². The molecule has 1 fully saturated rings. The summed E-state index contributed by atoms with van der Waals surface area (Å²) < 4.78 is 0. The van der Waals surface area contributed by atoms with Gasteiger partial charge in [0.2, 0.25) is 0 Å².